The van der Waals surface area contributed by atoms with E-state index in [0.29, 0.717) is 0 Å². The number of aliphatic hydroxyl groups excluding tert-OH is 1. The molecule has 3 nitrogen and oxygen atoms in total. The maximum absolute atomic E-state index is 8.46. The van der Waals surface area contributed by atoms with Gasteiger partial charge < -0.3 is 29.1 Å². The third-order valence-corrected chi connectivity index (χ3v) is 0.828. The summed E-state index contributed by atoms with van der Waals surface area (Å²) in [5.41, 5.74) is 0. The lowest BCUT2D eigenvalue weighted by Crippen LogP contribution is -3.00. The van der Waals surface area contributed by atoms with Crippen molar-refractivity contribution in [2.75, 3.05) is 0 Å². The second-order valence-corrected chi connectivity index (χ2v) is 1.41. The van der Waals surface area contributed by atoms with E-state index in [4.69, 9.17) is 5.11 Å². The van der Waals surface area contributed by atoms with Crippen molar-refractivity contribution in [3.8, 4) is 0 Å². The lowest BCUT2D eigenvalue weighted by atomic mass is 10.7. The molecule has 0 aromatic carbocycles. The van der Waals surface area contributed by atoms with E-state index < -0.39 is 0 Å². The molecular weight excluding hydrogens is 231 g/mol. The van der Waals surface area contributed by atoms with E-state index in [0.717, 1.165) is 0 Å². The van der Waals surface area contributed by atoms with Crippen molar-refractivity contribution in [1.29, 1.82) is 0 Å². The summed E-state index contributed by atoms with van der Waals surface area (Å²) in [4.78, 5) is 3.76. The van der Waals surface area contributed by atoms with Crippen LogP contribution >= 0.6 is 0 Å². The van der Waals surface area contributed by atoms with Gasteiger partial charge in [0.25, 0.3) is 6.33 Å². The van der Waals surface area contributed by atoms with Crippen LogP contribution in [0.15, 0.2) is 24.8 Å². The third kappa shape index (κ3) is 2.71. The summed E-state index contributed by atoms with van der Waals surface area (Å²) in [6, 6.07) is 1.76. The van der Waals surface area contributed by atoms with Gasteiger partial charge in [0.1, 0.15) is 6.20 Å². The number of halogens is 1. The van der Waals surface area contributed by atoms with Gasteiger partial charge in [-0.3, -0.25) is 0 Å². The van der Waals surface area contributed by atoms with E-state index in [2.05, 4.69) is 4.98 Å². The lowest BCUT2D eigenvalue weighted by molar-refractivity contribution is -0.732. The summed E-state index contributed by atoms with van der Waals surface area (Å²) in [5, 5.41) is 8.46. The van der Waals surface area contributed by atoms with Crippen LogP contribution in [0.5, 0.6) is 0 Å². The highest BCUT2D eigenvalue weighted by Crippen LogP contribution is 1.67. The van der Waals surface area contributed by atoms with Crippen LogP contribution in [-0.2, 0) is 6.73 Å². The SMILES string of the molecule is OC[n+]1cccnc1.[I-]. The Labute approximate surface area is 70.4 Å². The molecule has 0 aliphatic heterocycles. The molecule has 0 bridgehead atoms. The smallest absolute Gasteiger partial charge is 0.287 e. The van der Waals surface area contributed by atoms with Crippen LogP contribution in [0, 0.1) is 0 Å². The molecular formula is C5H7IN2O. The Kier molecular flexibility index (Phi) is 4.51. The highest BCUT2D eigenvalue weighted by atomic mass is 127. The van der Waals surface area contributed by atoms with Crippen molar-refractivity contribution in [1.82, 2.24) is 4.98 Å². The molecule has 0 saturated carbocycles. The monoisotopic (exact) mass is 238 g/mol. The maximum atomic E-state index is 8.46. The van der Waals surface area contributed by atoms with Crippen molar-refractivity contribution in [3.63, 3.8) is 0 Å². The molecule has 0 aliphatic rings. The Morgan fingerprint density at radius 2 is 2.33 bits per heavy atom. The Morgan fingerprint density at radius 3 is 2.67 bits per heavy atom. The Balaban J connectivity index is 0.000000640. The second-order valence-electron chi connectivity index (χ2n) is 1.41. The van der Waals surface area contributed by atoms with Crippen molar-refractivity contribution in [3.05, 3.63) is 24.8 Å². The van der Waals surface area contributed by atoms with Gasteiger partial charge in [-0.05, 0) is 0 Å². The molecule has 1 aromatic heterocycles. The van der Waals surface area contributed by atoms with E-state index >= 15 is 0 Å². The minimum Gasteiger partial charge on any atom is -1.00 e. The van der Waals surface area contributed by atoms with E-state index in [1.54, 1.807) is 29.4 Å². The van der Waals surface area contributed by atoms with Gasteiger partial charge in [-0.2, -0.15) is 0 Å². The fourth-order valence-electron chi connectivity index (χ4n) is 0.445. The maximum Gasteiger partial charge on any atom is 0.287 e. The number of nitrogens with zero attached hydrogens (tertiary/aromatic N) is 2. The molecule has 1 aromatic rings. The third-order valence-electron chi connectivity index (χ3n) is 0.828. The summed E-state index contributed by atoms with van der Waals surface area (Å²) >= 11 is 0. The number of aromatic nitrogens is 2. The van der Waals surface area contributed by atoms with Gasteiger partial charge in [0.2, 0.25) is 0 Å². The zero-order valence-corrected chi connectivity index (χ0v) is 6.89. The minimum absolute atomic E-state index is 0. The van der Waals surface area contributed by atoms with Crippen molar-refractivity contribution in [2.45, 2.75) is 6.73 Å². The Hall–Kier alpha value is -0.230. The quantitative estimate of drug-likeness (QED) is 0.404. The Bertz CT molecular complexity index is 156. The van der Waals surface area contributed by atoms with Crippen molar-refractivity contribution in [2.24, 2.45) is 0 Å². The van der Waals surface area contributed by atoms with E-state index in [-0.39, 0.29) is 30.7 Å². The van der Waals surface area contributed by atoms with E-state index in [1.807, 2.05) is 0 Å². The molecule has 0 saturated heterocycles. The summed E-state index contributed by atoms with van der Waals surface area (Å²) in [6.07, 6.45) is 4.96. The highest BCUT2D eigenvalue weighted by molar-refractivity contribution is 4.68. The fourth-order valence-corrected chi connectivity index (χ4v) is 0.445. The molecule has 9 heavy (non-hydrogen) atoms. The molecule has 0 radical (unpaired) electrons. The average molecular weight is 238 g/mol. The average Bonchev–Trinajstić information content (AvgIpc) is 1.90. The molecule has 1 heterocycles. The van der Waals surface area contributed by atoms with Crippen LogP contribution in [0.25, 0.3) is 0 Å². The van der Waals surface area contributed by atoms with Gasteiger partial charge in [-0.1, -0.05) is 4.98 Å². The molecule has 0 atom stereocenters. The van der Waals surface area contributed by atoms with E-state index in [1.165, 1.54) is 0 Å². The van der Waals surface area contributed by atoms with Crippen LogP contribution in [0.2, 0.25) is 0 Å². The number of rotatable bonds is 1. The first-order valence-corrected chi connectivity index (χ1v) is 2.33. The number of hydrogen-bond donors (Lipinski definition) is 1. The number of hydrogen-bond acceptors (Lipinski definition) is 2. The van der Waals surface area contributed by atoms with E-state index in [9.17, 15) is 0 Å². The largest absolute Gasteiger partial charge is 1.00 e. The highest BCUT2D eigenvalue weighted by Gasteiger charge is 1.87. The summed E-state index contributed by atoms with van der Waals surface area (Å²) in [6.45, 7) is -0.00611. The standard InChI is InChI=1S/C5H7N2O.HI/c8-5-7-3-1-2-6-4-7;/h1-4,8H,5H2;1H/q+1;/p-1. The molecule has 0 unspecified atom stereocenters. The molecule has 4 heteroatoms. The zero-order valence-electron chi connectivity index (χ0n) is 4.74. The molecule has 0 aliphatic carbocycles. The van der Waals surface area contributed by atoms with Gasteiger partial charge >= 0.3 is 0 Å². The van der Waals surface area contributed by atoms with Crippen LogP contribution in [0.4, 0.5) is 0 Å². The number of aliphatic hydroxyl groups is 1. The van der Waals surface area contributed by atoms with Crippen LogP contribution in [0.1, 0.15) is 0 Å². The van der Waals surface area contributed by atoms with Gasteiger partial charge in [0.15, 0.2) is 6.73 Å². The van der Waals surface area contributed by atoms with Crippen molar-refractivity contribution < 1.29 is 33.7 Å². The molecule has 0 spiro atoms. The predicted molar refractivity (Wildman–Crippen MR) is 26.7 cm³/mol. The van der Waals surface area contributed by atoms with Gasteiger partial charge in [0.05, 0.1) is 6.20 Å². The van der Waals surface area contributed by atoms with Gasteiger partial charge in [0, 0.05) is 6.07 Å². The first-order valence-electron chi connectivity index (χ1n) is 2.33. The normalized spacial score (nSPS) is 8.11. The minimum atomic E-state index is -0.00611. The predicted octanol–water partition coefficient (Wildman–Crippen LogP) is -3.68. The molecule has 0 fully saturated rings. The summed E-state index contributed by atoms with van der Waals surface area (Å²) in [5.74, 6) is 0. The van der Waals surface area contributed by atoms with Crippen LogP contribution in [-0.4, -0.2) is 10.1 Å². The second kappa shape index (κ2) is 4.63. The van der Waals surface area contributed by atoms with Gasteiger partial charge in [-0.25, -0.2) is 4.57 Å². The molecule has 50 valence electrons. The van der Waals surface area contributed by atoms with Crippen LogP contribution in [0.3, 0.4) is 0 Å². The van der Waals surface area contributed by atoms with Crippen LogP contribution < -0.4 is 28.5 Å². The molecule has 0 amide bonds. The van der Waals surface area contributed by atoms with Gasteiger partial charge in [-0.15, -0.1) is 0 Å². The fraction of sp³-hybridized carbons (Fsp3) is 0.200. The summed E-state index contributed by atoms with van der Waals surface area (Å²) < 4.78 is 1.57. The molecule has 1 rings (SSSR count). The molecule has 1 N–H and O–H groups in total. The Morgan fingerprint density at radius 1 is 1.56 bits per heavy atom. The first kappa shape index (κ1) is 8.77. The van der Waals surface area contributed by atoms with Crippen molar-refractivity contribution >= 4 is 0 Å². The zero-order chi connectivity index (χ0) is 5.82. The first-order chi connectivity index (χ1) is 3.93. The topological polar surface area (TPSA) is 37.0 Å². The summed E-state index contributed by atoms with van der Waals surface area (Å²) in [7, 11) is 0. The lowest BCUT2D eigenvalue weighted by Gasteiger charge is -1.85.